The fraction of sp³-hybridized carbons (Fsp3) is 0.810. The highest BCUT2D eigenvalue weighted by molar-refractivity contribution is 5.77. The highest BCUT2D eigenvalue weighted by atomic mass is 16.5. The smallest absolute Gasteiger partial charge is 0.223 e. The Balaban J connectivity index is 1.48. The summed E-state index contributed by atoms with van der Waals surface area (Å²) in [5, 5.41) is 4.37. The number of ether oxygens (including phenoxy) is 1. The van der Waals surface area contributed by atoms with E-state index in [1.165, 1.54) is 38.5 Å². The largest absolute Gasteiger partial charge is 0.373 e. The van der Waals surface area contributed by atoms with Crippen molar-refractivity contribution in [2.75, 3.05) is 32.8 Å². The van der Waals surface area contributed by atoms with Gasteiger partial charge in [0.1, 0.15) is 0 Å². The first-order valence-corrected chi connectivity index (χ1v) is 10.8. The van der Waals surface area contributed by atoms with Crippen molar-refractivity contribution < 1.29 is 9.53 Å². The van der Waals surface area contributed by atoms with Gasteiger partial charge in [0.25, 0.3) is 0 Å². The highest BCUT2D eigenvalue weighted by Gasteiger charge is 2.38. The van der Waals surface area contributed by atoms with Crippen LogP contribution >= 0.6 is 0 Å². The van der Waals surface area contributed by atoms with Gasteiger partial charge in [-0.2, -0.15) is 5.10 Å². The molecule has 6 heteroatoms. The molecule has 0 N–H and O–H groups in total. The molecule has 0 aromatic carbocycles. The average molecular weight is 375 g/mol. The van der Waals surface area contributed by atoms with Crippen LogP contribution in [0, 0.1) is 5.92 Å². The Morgan fingerprint density at radius 3 is 2.67 bits per heavy atom. The number of likely N-dealkylation sites (tertiary alicyclic amines) is 1. The Hall–Kier alpha value is -1.40. The minimum Gasteiger partial charge on any atom is -0.373 e. The quantitative estimate of drug-likeness (QED) is 0.768. The summed E-state index contributed by atoms with van der Waals surface area (Å²) in [4.78, 5) is 17.7. The standard InChI is InChI=1S/C21H34N4O2/c1-23-15-18(14-22-23)21-19(16-24-10-3-2-4-11-24)27-13-12-25(21)20(26)9-8-17-6-5-7-17/h14-15,17,19,21H,2-13,16H2,1H3/t19-,21-/m0/s1. The minimum absolute atomic E-state index is 0.0109. The number of carbonyl (C=O) groups is 1. The van der Waals surface area contributed by atoms with Gasteiger partial charge in [-0.05, 0) is 38.3 Å². The molecule has 1 amide bonds. The second kappa shape index (κ2) is 8.74. The summed E-state index contributed by atoms with van der Waals surface area (Å²) in [6, 6.07) is -0.0109. The third-order valence-corrected chi connectivity index (χ3v) is 6.62. The van der Waals surface area contributed by atoms with Crippen LogP contribution < -0.4 is 0 Å². The summed E-state index contributed by atoms with van der Waals surface area (Å²) in [5.74, 6) is 1.07. The van der Waals surface area contributed by atoms with Gasteiger partial charge in [-0.3, -0.25) is 9.48 Å². The van der Waals surface area contributed by atoms with E-state index in [1.54, 1.807) is 0 Å². The van der Waals surface area contributed by atoms with Gasteiger partial charge in [0.2, 0.25) is 5.91 Å². The molecular formula is C21H34N4O2. The summed E-state index contributed by atoms with van der Waals surface area (Å²) in [5.41, 5.74) is 1.11. The topological polar surface area (TPSA) is 50.6 Å². The first-order chi connectivity index (χ1) is 13.2. The minimum atomic E-state index is -0.0109. The second-order valence-electron chi connectivity index (χ2n) is 8.59. The Labute approximate surface area is 162 Å². The first-order valence-electron chi connectivity index (χ1n) is 10.8. The van der Waals surface area contributed by atoms with Crippen LogP contribution in [-0.4, -0.2) is 64.4 Å². The SMILES string of the molecule is Cn1cc([C@H]2[C@H](CN3CCCCC3)OCCN2C(=O)CCC2CCC2)cn1. The van der Waals surface area contributed by atoms with Gasteiger partial charge in [-0.25, -0.2) is 0 Å². The number of aryl methyl sites for hydroxylation is 1. The number of aromatic nitrogens is 2. The molecule has 3 aliphatic rings. The van der Waals surface area contributed by atoms with E-state index in [4.69, 9.17) is 4.74 Å². The maximum atomic E-state index is 13.1. The second-order valence-corrected chi connectivity index (χ2v) is 8.59. The van der Waals surface area contributed by atoms with Gasteiger partial charge >= 0.3 is 0 Å². The first kappa shape index (κ1) is 18.9. The summed E-state index contributed by atoms with van der Waals surface area (Å²) in [6.07, 6.45) is 13.6. The predicted molar refractivity (Wildman–Crippen MR) is 104 cm³/mol. The van der Waals surface area contributed by atoms with E-state index in [9.17, 15) is 4.79 Å². The summed E-state index contributed by atoms with van der Waals surface area (Å²) >= 11 is 0. The summed E-state index contributed by atoms with van der Waals surface area (Å²) in [7, 11) is 1.94. The fourth-order valence-corrected chi connectivity index (χ4v) is 4.80. The van der Waals surface area contributed by atoms with Gasteiger partial charge in [0.05, 0.1) is 24.9 Å². The number of hydrogen-bond acceptors (Lipinski definition) is 4. The Kier molecular flexibility index (Phi) is 6.13. The van der Waals surface area contributed by atoms with Crippen molar-refractivity contribution in [2.45, 2.75) is 63.5 Å². The molecule has 2 aliphatic heterocycles. The number of rotatable bonds is 6. The van der Waals surface area contributed by atoms with Crippen molar-refractivity contribution in [3.63, 3.8) is 0 Å². The molecule has 3 heterocycles. The number of piperidine rings is 1. The van der Waals surface area contributed by atoms with Gasteiger partial charge < -0.3 is 14.5 Å². The number of morpholine rings is 1. The van der Waals surface area contributed by atoms with Crippen molar-refractivity contribution in [3.8, 4) is 0 Å². The van der Waals surface area contributed by atoms with Crippen LogP contribution in [0.1, 0.15) is 63.0 Å². The van der Waals surface area contributed by atoms with Crippen LogP contribution in [0.25, 0.3) is 0 Å². The average Bonchev–Trinajstić information content (AvgIpc) is 3.07. The molecule has 0 unspecified atom stereocenters. The lowest BCUT2D eigenvalue weighted by molar-refractivity contribution is -0.149. The van der Waals surface area contributed by atoms with Crippen molar-refractivity contribution in [1.29, 1.82) is 0 Å². The molecule has 1 aromatic rings. The zero-order valence-corrected chi connectivity index (χ0v) is 16.7. The van der Waals surface area contributed by atoms with Crippen LogP contribution in [0.15, 0.2) is 12.4 Å². The normalized spacial score (nSPS) is 27.5. The van der Waals surface area contributed by atoms with Crippen LogP contribution in [0.2, 0.25) is 0 Å². The highest BCUT2D eigenvalue weighted by Crippen LogP contribution is 2.34. The predicted octanol–water partition coefficient (Wildman–Crippen LogP) is 2.75. The molecule has 2 atom stereocenters. The molecule has 1 saturated carbocycles. The van der Waals surface area contributed by atoms with Crippen LogP contribution in [0.3, 0.4) is 0 Å². The third kappa shape index (κ3) is 4.54. The monoisotopic (exact) mass is 374 g/mol. The van der Waals surface area contributed by atoms with Gasteiger partial charge in [-0.1, -0.05) is 25.7 Å². The lowest BCUT2D eigenvalue weighted by atomic mass is 9.82. The zero-order valence-electron chi connectivity index (χ0n) is 16.7. The van der Waals surface area contributed by atoms with Crippen molar-refractivity contribution in [1.82, 2.24) is 19.6 Å². The van der Waals surface area contributed by atoms with E-state index in [-0.39, 0.29) is 12.1 Å². The van der Waals surface area contributed by atoms with E-state index < -0.39 is 0 Å². The maximum Gasteiger partial charge on any atom is 0.223 e. The molecule has 2 saturated heterocycles. The molecule has 150 valence electrons. The third-order valence-electron chi connectivity index (χ3n) is 6.62. The number of carbonyl (C=O) groups excluding carboxylic acids is 1. The lowest BCUT2D eigenvalue weighted by Crippen LogP contribution is -2.52. The van der Waals surface area contributed by atoms with E-state index in [1.807, 2.05) is 17.9 Å². The van der Waals surface area contributed by atoms with Crippen molar-refractivity contribution in [3.05, 3.63) is 18.0 Å². The Morgan fingerprint density at radius 2 is 2.00 bits per heavy atom. The molecule has 4 rings (SSSR count). The number of amides is 1. The lowest BCUT2D eigenvalue weighted by Gasteiger charge is -2.43. The molecule has 27 heavy (non-hydrogen) atoms. The van der Waals surface area contributed by atoms with Gasteiger partial charge in [0.15, 0.2) is 0 Å². The summed E-state index contributed by atoms with van der Waals surface area (Å²) in [6.45, 7) is 4.54. The maximum absolute atomic E-state index is 13.1. The van der Waals surface area contributed by atoms with Gasteiger partial charge in [0, 0.05) is 38.3 Å². The number of hydrogen-bond donors (Lipinski definition) is 0. The Bertz CT molecular complexity index is 621. The van der Waals surface area contributed by atoms with Crippen LogP contribution in [0.4, 0.5) is 0 Å². The molecule has 0 spiro atoms. The van der Waals surface area contributed by atoms with E-state index in [0.717, 1.165) is 37.5 Å². The van der Waals surface area contributed by atoms with E-state index in [0.29, 0.717) is 25.5 Å². The zero-order chi connectivity index (χ0) is 18.6. The summed E-state index contributed by atoms with van der Waals surface area (Å²) < 4.78 is 8.06. The fourth-order valence-electron chi connectivity index (χ4n) is 4.80. The Morgan fingerprint density at radius 1 is 1.19 bits per heavy atom. The molecule has 1 aliphatic carbocycles. The molecule has 0 bridgehead atoms. The van der Waals surface area contributed by atoms with Crippen LogP contribution in [0.5, 0.6) is 0 Å². The van der Waals surface area contributed by atoms with E-state index in [2.05, 4.69) is 21.1 Å². The van der Waals surface area contributed by atoms with Gasteiger partial charge in [-0.15, -0.1) is 0 Å². The van der Waals surface area contributed by atoms with Crippen molar-refractivity contribution in [2.24, 2.45) is 13.0 Å². The van der Waals surface area contributed by atoms with E-state index >= 15 is 0 Å². The number of nitrogens with zero attached hydrogens (tertiary/aromatic N) is 4. The van der Waals surface area contributed by atoms with Crippen LogP contribution in [-0.2, 0) is 16.6 Å². The molecule has 3 fully saturated rings. The molecule has 1 aromatic heterocycles. The molecule has 0 radical (unpaired) electrons. The molecule has 6 nitrogen and oxygen atoms in total. The van der Waals surface area contributed by atoms with Crippen molar-refractivity contribution >= 4 is 5.91 Å². The molecular weight excluding hydrogens is 340 g/mol.